The Labute approximate surface area is 533 Å². The zero-order valence-corrected chi connectivity index (χ0v) is 42.1. The van der Waals surface area contributed by atoms with Crippen LogP contribution in [0.25, 0.3) is 170 Å². The van der Waals surface area contributed by atoms with Crippen LogP contribution in [0.3, 0.4) is 0 Å². The minimum Gasteiger partial charge on any atom is -0.456 e. The minimum atomic E-state index is -0.878. The molecule has 0 unspecified atom stereocenters. The van der Waals surface area contributed by atoms with Crippen molar-refractivity contribution in [3.05, 3.63) is 266 Å². The molecule has 0 amide bonds. The second-order valence-electron chi connectivity index (χ2n) is 17.5. The fourth-order valence-electron chi connectivity index (χ4n) is 10.0. The molecule has 0 atom stereocenters. The third-order valence-electron chi connectivity index (χ3n) is 13.3. The predicted octanol–water partition coefficient (Wildman–Crippen LogP) is 23.7. The maximum atomic E-state index is 9.57. The van der Waals surface area contributed by atoms with Gasteiger partial charge in [0.15, 0.2) is 0 Å². The van der Waals surface area contributed by atoms with E-state index < -0.39 is 365 Å². The Bertz CT molecular complexity index is 7880. The van der Waals surface area contributed by atoms with Gasteiger partial charge in [0.05, 0.1) is 60.3 Å². The van der Waals surface area contributed by atoms with Crippen molar-refractivity contribution in [2.45, 2.75) is 0 Å². The Balaban J connectivity index is 0.000000176. The fraction of sp³-hybridized carbons (Fsp3) is 0. The van der Waals surface area contributed by atoms with Gasteiger partial charge in [0.25, 0.3) is 0 Å². The molecule has 0 bridgehead atoms. The second kappa shape index (κ2) is 18.1. The molecule has 18 aromatic rings. The number of thiophene rings is 3. The first-order valence-corrected chi connectivity index (χ1v) is 26.1. The van der Waals surface area contributed by atoms with Crippen molar-refractivity contribution in [2.24, 2.45) is 0 Å². The van der Waals surface area contributed by atoms with Gasteiger partial charge in [0.1, 0.15) is 11.2 Å². The van der Waals surface area contributed by atoms with Gasteiger partial charge in [0.2, 0.25) is 0 Å². The van der Waals surface area contributed by atoms with Crippen LogP contribution in [0.15, 0.2) is 270 Å². The number of furan rings is 1. The lowest BCUT2D eigenvalue weighted by molar-refractivity contribution is 0.669. The monoisotopic (exact) mass is 1110 g/mol. The van der Waals surface area contributed by atoms with Gasteiger partial charge in [0, 0.05) is 76.9 Å². The number of rotatable bonds is 4. The zero-order valence-electron chi connectivity index (χ0n) is 83.6. The summed E-state index contributed by atoms with van der Waals surface area (Å²) in [5.74, 6) is 0. The van der Waals surface area contributed by atoms with Crippen molar-refractivity contribution in [3.63, 3.8) is 0 Å². The van der Waals surface area contributed by atoms with E-state index in [1.54, 1.807) is 0 Å². The van der Waals surface area contributed by atoms with E-state index in [9.17, 15) is 24.7 Å². The lowest BCUT2D eigenvalue weighted by Crippen LogP contribution is -1.91. The summed E-state index contributed by atoms with van der Waals surface area (Å²) in [5, 5.41) is -6.06. The molecule has 0 saturated heterocycles. The van der Waals surface area contributed by atoms with E-state index in [0.29, 0.717) is 34.0 Å². The van der Waals surface area contributed by atoms with Crippen LogP contribution in [0.4, 0.5) is 0 Å². The smallest absolute Gasteiger partial charge is 0.136 e. The average Bonchev–Trinajstić information content (AvgIpc) is 0.956. The highest BCUT2D eigenvalue weighted by atomic mass is 32.1. The molecule has 0 aliphatic heterocycles. The number of para-hydroxylation sites is 1. The van der Waals surface area contributed by atoms with Gasteiger partial charge in [-0.3, -0.25) is 0 Å². The third kappa shape index (κ3) is 7.00. The first-order valence-electron chi connectivity index (χ1n) is 45.6. The van der Waals surface area contributed by atoms with Crippen LogP contribution in [0.5, 0.6) is 0 Å². The fourth-order valence-corrected chi connectivity index (χ4v) is 13.0. The maximum Gasteiger partial charge on any atom is 0.136 e. The molecule has 372 valence electrons. The highest BCUT2D eigenvalue weighted by molar-refractivity contribution is 7.27. The Hall–Kier alpha value is -9.42. The number of hydrogen-bond acceptors (Lipinski definition) is 4. The minimum absolute atomic E-state index is 0.0415. The molecule has 0 saturated carbocycles. The molecule has 0 aliphatic carbocycles. The van der Waals surface area contributed by atoms with Crippen LogP contribution < -0.4 is 0 Å². The zero-order chi connectivity index (χ0) is 90.7. The second-order valence-corrected chi connectivity index (χ2v) is 20.6. The molecule has 4 aromatic heterocycles. The Kier molecular flexibility index (Phi) is 4.53. The van der Waals surface area contributed by atoms with Gasteiger partial charge in [-0.1, -0.05) is 218 Å². The van der Waals surface area contributed by atoms with Crippen LogP contribution in [-0.2, 0) is 0 Å². The molecular formula is C76H44OS3. The average molecular weight is 1110 g/mol. The van der Waals surface area contributed by atoms with Crippen molar-refractivity contribution in [1.29, 1.82) is 0 Å². The van der Waals surface area contributed by atoms with Crippen LogP contribution in [0.1, 0.15) is 60.3 Å². The van der Waals surface area contributed by atoms with Crippen molar-refractivity contribution in [2.75, 3.05) is 0 Å². The van der Waals surface area contributed by atoms with Crippen LogP contribution in [0.2, 0.25) is 0 Å². The summed E-state index contributed by atoms with van der Waals surface area (Å²) in [7, 11) is 0. The third-order valence-corrected chi connectivity index (χ3v) is 16.5. The molecule has 0 N–H and O–H groups in total. The first-order chi connectivity index (χ1) is 58.0. The molecule has 0 aliphatic rings. The standard InChI is InChI=1S/C38H22OS.C38H22S2/c1-3-14-29-27(12-1)36(23-20-21-25-24-10-5-7-18-33(24)39-34(25)22-23)28-13-2-4-15-30(28)37(29)32-17-9-16-31-26-11-6-8-19-35(26)40-38(31)32;1-2-12-30-29(11-1)37(23-17-19-27-25-9-5-7-15-33(25)39-35(27)21-23)31-13-3-4-14-32(31)38(30)24-18-20-28-26-10-6-8-16-34(26)40-36(28)22-24/h2*1-22H/i2*1D,2D,3D,4D,5D,6D,7D,8D,9D,10D,11D,12D,13D,14D,15D,16D,17D,18D,19D,20D,21D,22D. The van der Waals surface area contributed by atoms with E-state index in [1.807, 2.05) is 0 Å². The summed E-state index contributed by atoms with van der Waals surface area (Å²) in [5.41, 5.74) is -5.18. The van der Waals surface area contributed by atoms with Gasteiger partial charge >= 0.3 is 0 Å². The van der Waals surface area contributed by atoms with Gasteiger partial charge in [-0.25, -0.2) is 0 Å². The SMILES string of the molecule is [2H]c1c([2H])c([2H])c2c(oc3c([2H])c(-c4c5c([2H])c([2H])c([2H])c([2H])c5c(-c5c([2H])c([2H])c([2H])c6c5sc5c([2H])c([2H])c([2H])c([2H])c56)c5c([2H])c([2H])c([2H])c([2H])c45)c([2H])c([2H])c32)c1[2H].[2H]c1c([2H])c([2H])c2c(sc3c([2H])c(-c4c5c([2H])c([2H])c([2H])c([2H])c5c(-c5c([2H])c([2H])c6c(sc7c([2H])c([2H])c([2H])c([2H])c76)c5[2H])c5c([2H])c([2H])c([2H])c([2H])c45)c([2H])c([2H])c32)c1[2H]. The molecule has 4 heterocycles. The summed E-state index contributed by atoms with van der Waals surface area (Å²) in [6.45, 7) is 0. The van der Waals surface area contributed by atoms with Crippen molar-refractivity contribution < 1.29 is 64.7 Å². The molecule has 0 spiro atoms. The highest BCUT2D eigenvalue weighted by Gasteiger charge is 2.22. The van der Waals surface area contributed by atoms with Crippen LogP contribution >= 0.6 is 34.0 Å². The van der Waals surface area contributed by atoms with Crippen LogP contribution in [0, 0.1) is 0 Å². The Morgan fingerprint density at radius 3 is 1.02 bits per heavy atom. The van der Waals surface area contributed by atoms with E-state index in [0.717, 1.165) is 0 Å². The number of hydrogen-bond donors (Lipinski definition) is 0. The molecule has 0 radical (unpaired) electrons. The highest BCUT2D eigenvalue weighted by Crippen LogP contribution is 2.50. The number of fused-ring (bicyclic) bond motifs is 16. The van der Waals surface area contributed by atoms with Crippen molar-refractivity contribution in [3.8, 4) is 44.5 Å². The summed E-state index contributed by atoms with van der Waals surface area (Å²) in [6, 6.07) is -31.8. The quantitative estimate of drug-likeness (QED) is 0.160. The molecule has 1 nitrogen and oxygen atoms in total. The lowest BCUT2D eigenvalue weighted by atomic mass is 9.85. The number of benzene rings is 14. The largest absolute Gasteiger partial charge is 0.456 e. The molecule has 80 heavy (non-hydrogen) atoms. The van der Waals surface area contributed by atoms with Crippen LogP contribution in [-0.4, -0.2) is 0 Å². The summed E-state index contributed by atoms with van der Waals surface area (Å²) < 4.78 is 397. The maximum absolute atomic E-state index is 9.57. The van der Waals surface area contributed by atoms with Gasteiger partial charge in [-0.15, -0.1) is 34.0 Å². The summed E-state index contributed by atoms with van der Waals surface area (Å²) >= 11 is 2.10. The van der Waals surface area contributed by atoms with Gasteiger partial charge in [-0.05, 0) is 130 Å². The Morgan fingerprint density at radius 1 is 0.225 bits per heavy atom. The van der Waals surface area contributed by atoms with E-state index >= 15 is 0 Å². The topological polar surface area (TPSA) is 13.1 Å². The van der Waals surface area contributed by atoms with E-state index in [2.05, 4.69) is 0 Å². The first kappa shape index (κ1) is 20.0. The van der Waals surface area contributed by atoms with E-state index in [4.69, 9.17) is 40.1 Å². The van der Waals surface area contributed by atoms with Crippen molar-refractivity contribution >= 4 is 160 Å². The van der Waals surface area contributed by atoms with Gasteiger partial charge in [-0.2, -0.15) is 0 Å². The summed E-state index contributed by atoms with van der Waals surface area (Å²) in [4.78, 5) is 0. The Morgan fingerprint density at radius 2 is 0.550 bits per heavy atom. The normalized spacial score (nSPS) is 19.7. The van der Waals surface area contributed by atoms with Gasteiger partial charge < -0.3 is 4.42 Å². The predicted molar refractivity (Wildman–Crippen MR) is 351 cm³/mol. The molecule has 18 rings (SSSR count). The van der Waals surface area contributed by atoms with E-state index in [1.165, 1.54) is 0 Å². The molecule has 0 fully saturated rings. The van der Waals surface area contributed by atoms with Crippen molar-refractivity contribution in [1.82, 2.24) is 0 Å². The van der Waals surface area contributed by atoms with E-state index in [-0.39, 0.29) is 71.3 Å². The summed E-state index contributed by atoms with van der Waals surface area (Å²) in [6.07, 6.45) is 0. The lowest BCUT2D eigenvalue weighted by Gasteiger charge is -2.18. The molecule has 14 aromatic carbocycles. The molecular weight excluding hydrogens is 1030 g/mol. The molecule has 4 heteroatoms.